The van der Waals surface area contributed by atoms with Crippen molar-refractivity contribution in [2.24, 2.45) is 5.92 Å². The third kappa shape index (κ3) is 5.50. The summed E-state index contributed by atoms with van der Waals surface area (Å²) in [6.07, 6.45) is 0.141. The number of carbonyl (C=O) groups excluding carboxylic acids is 1. The third-order valence-corrected chi connectivity index (χ3v) is 4.57. The van der Waals surface area contributed by atoms with Gasteiger partial charge in [0.2, 0.25) is 15.9 Å². The molecule has 0 radical (unpaired) electrons. The summed E-state index contributed by atoms with van der Waals surface area (Å²) < 4.78 is 32.4. The molecule has 1 atom stereocenters. The molecule has 134 valence electrons. The normalized spacial score (nSPS) is 12.7. The van der Waals surface area contributed by atoms with Crippen LogP contribution < -0.4 is 14.8 Å². The van der Waals surface area contributed by atoms with Gasteiger partial charge in [-0.3, -0.25) is 9.59 Å². The van der Waals surface area contributed by atoms with E-state index in [1.54, 1.807) is 13.8 Å². The third-order valence-electron chi connectivity index (χ3n) is 3.08. The number of ether oxygens (including phenoxy) is 1. The van der Waals surface area contributed by atoms with Gasteiger partial charge in [0.25, 0.3) is 0 Å². The van der Waals surface area contributed by atoms with E-state index in [9.17, 15) is 23.1 Å². The van der Waals surface area contributed by atoms with Gasteiger partial charge < -0.3 is 15.2 Å². The molecule has 1 rings (SSSR count). The van der Waals surface area contributed by atoms with Crippen LogP contribution in [-0.2, 0) is 19.6 Å². The number of anilines is 1. The minimum absolute atomic E-state index is 0.0126. The molecule has 0 bridgehead atoms. The van der Waals surface area contributed by atoms with Crippen molar-refractivity contribution in [2.75, 3.05) is 12.4 Å². The van der Waals surface area contributed by atoms with Crippen LogP contribution in [0.4, 0.5) is 5.69 Å². The highest BCUT2D eigenvalue weighted by molar-refractivity contribution is 7.89. The Balaban J connectivity index is 3.24. The average Bonchev–Trinajstić information content (AvgIpc) is 2.45. The van der Waals surface area contributed by atoms with Gasteiger partial charge in [-0.05, 0) is 30.5 Å². The number of aliphatic carboxylic acids is 1. The van der Waals surface area contributed by atoms with Crippen LogP contribution in [0.3, 0.4) is 0 Å². The molecular weight excluding hydrogens is 336 g/mol. The van der Waals surface area contributed by atoms with Crippen molar-refractivity contribution >= 4 is 27.6 Å². The van der Waals surface area contributed by atoms with E-state index in [1.807, 2.05) is 0 Å². The lowest BCUT2D eigenvalue weighted by Crippen LogP contribution is -2.41. The van der Waals surface area contributed by atoms with Crippen molar-refractivity contribution < 1.29 is 27.9 Å². The zero-order valence-corrected chi connectivity index (χ0v) is 14.8. The van der Waals surface area contributed by atoms with Crippen molar-refractivity contribution in [1.82, 2.24) is 4.72 Å². The summed E-state index contributed by atoms with van der Waals surface area (Å²) in [6.45, 7) is 4.88. The molecule has 1 amide bonds. The molecule has 1 aromatic rings. The van der Waals surface area contributed by atoms with Gasteiger partial charge in [0.1, 0.15) is 16.7 Å². The fourth-order valence-electron chi connectivity index (χ4n) is 2.09. The molecule has 0 fully saturated rings. The number of rotatable bonds is 8. The smallest absolute Gasteiger partial charge is 0.321 e. The first kappa shape index (κ1) is 19.9. The SMILES string of the molecule is COc1ccc(NC(C)=O)cc1S(=O)(=O)N[C@@H](CC(C)C)C(=O)O. The van der Waals surface area contributed by atoms with Gasteiger partial charge >= 0.3 is 5.97 Å². The quantitative estimate of drug-likeness (QED) is 0.646. The largest absolute Gasteiger partial charge is 0.495 e. The maximum Gasteiger partial charge on any atom is 0.321 e. The first-order valence-electron chi connectivity index (χ1n) is 7.27. The Morgan fingerprint density at radius 2 is 1.92 bits per heavy atom. The second kappa shape index (κ2) is 8.11. The lowest BCUT2D eigenvalue weighted by atomic mass is 10.1. The van der Waals surface area contributed by atoms with Gasteiger partial charge in [-0.2, -0.15) is 4.72 Å². The number of carbonyl (C=O) groups is 2. The first-order chi connectivity index (χ1) is 11.1. The summed E-state index contributed by atoms with van der Waals surface area (Å²) in [7, 11) is -2.86. The molecule has 0 spiro atoms. The lowest BCUT2D eigenvalue weighted by Gasteiger charge is -2.18. The number of hydrogen-bond donors (Lipinski definition) is 3. The highest BCUT2D eigenvalue weighted by Gasteiger charge is 2.28. The molecule has 9 heteroatoms. The summed E-state index contributed by atoms with van der Waals surface area (Å²) in [5.74, 6) is -1.59. The van der Waals surface area contributed by atoms with Gasteiger partial charge in [-0.1, -0.05) is 13.8 Å². The van der Waals surface area contributed by atoms with E-state index < -0.39 is 22.0 Å². The molecule has 0 saturated heterocycles. The van der Waals surface area contributed by atoms with Crippen LogP contribution in [0, 0.1) is 5.92 Å². The Morgan fingerprint density at radius 1 is 1.29 bits per heavy atom. The van der Waals surface area contributed by atoms with Crippen molar-refractivity contribution in [2.45, 2.75) is 38.1 Å². The second-order valence-electron chi connectivity index (χ2n) is 5.69. The number of hydrogen-bond acceptors (Lipinski definition) is 5. The van der Waals surface area contributed by atoms with Crippen molar-refractivity contribution in [3.8, 4) is 5.75 Å². The van der Waals surface area contributed by atoms with Crippen molar-refractivity contribution in [3.05, 3.63) is 18.2 Å². The lowest BCUT2D eigenvalue weighted by molar-refractivity contribution is -0.139. The molecular formula is C15H22N2O6S. The Kier molecular flexibility index (Phi) is 6.73. The predicted octanol–water partition coefficient (Wildman–Crippen LogP) is 1.43. The van der Waals surface area contributed by atoms with Crippen LogP contribution in [0.15, 0.2) is 23.1 Å². The molecule has 3 N–H and O–H groups in total. The standard InChI is InChI=1S/C15H22N2O6S/c1-9(2)7-12(15(19)20)17-24(21,22)14-8-11(16-10(3)18)5-6-13(14)23-4/h5-6,8-9,12,17H,7H2,1-4H3,(H,16,18)(H,19,20)/t12-/m0/s1. The number of methoxy groups -OCH3 is 1. The Bertz CT molecular complexity index is 715. The molecule has 0 saturated carbocycles. The summed E-state index contributed by atoms with van der Waals surface area (Å²) >= 11 is 0. The fraction of sp³-hybridized carbons (Fsp3) is 0.467. The molecule has 0 aliphatic carbocycles. The highest BCUT2D eigenvalue weighted by atomic mass is 32.2. The zero-order valence-electron chi connectivity index (χ0n) is 14.0. The maximum absolute atomic E-state index is 12.6. The van der Waals surface area contributed by atoms with Gasteiger partial charge in [0.15, 0.2) is 0 Å². The van der Waals surface area contributed by atoms with Crippen LogP contribution in [0.5, 0.6) is 5.75 Å². The molecule has 24 heavy (non-hydrogen) atoms. The second-order valence-corrected chi connectivity index (χ2v) is 7.37. The maximum atomic E-state index is 12.6. The van der Waals surface area contributed by atoms with E-state index in [1.165, 1.54) is 32.2 Å². The minimum atomic E-state index is -4.16. The number of amides is 1. The van der Waals surface area contributed by atoms with E-state index in [4.69, 9.17) is 4.74 Å². The number of carboxylic acids is 1. The van der Waals surface area contributed by atoms with Gasteiger partial charge in [0.05, 0.1) is 7.11 Å². The van der Waals surface area contributed by atoms with E-state index in [0.717, 1.165) is 0 Å². The Morgan fingerprint density at radius 3 is 2.38 bits per heavy atom. The van der Waals surface area contributed by atoms with Crippen LogP contribution in [-0.4, -0.2) is 38.6 Å². The summed E-state index contributed by atoms with van der Waals surface area (Å²) in [5, 5.41) is 11.7. The first-order valence-corrected chi connectivity index (χ1v) is 8.76. The van der Waals surface area contributed by atoms with E-state index in [-0.39, 0.29) is 34.6 Å². The van der Waals surface area contributed by atoms with Gasteiger partial charge in [-0.25, -0.2) is 8.42 Å². The van der Waals surface area contributed by atoms with Crippen LogP contribution in [0.25, 0.3) is 0 Å². The van der Waals surface area contributed by atoms with Gasteiger partial charge in [-0.15, -0.1) is 0 Å². The Hall–Kier alpha value is -2.13. The molecule has 0 aliphatic heterocycles. The van der Waals surface area contributed by atoms with E-state index in [0.29, 0.717) is 0 Å². The van der Waals surface area contributed by atoms with Crippen molar-refractivity contribution in [1.29, 1.82) is 0 Å². The number of nitrogens with one attached hydrogen (secondary N) is 2. The molecule has 0 heterocycles. The average molecular weight is 358 g/mol. The monoisotopic (exact) mass is 358 g/mol. The van der Waals surface area contributed by atoms with E-state index >= 15 is 0 Å². The molecule has 8 nitrogen and oxygen atoms in total. The molecule has 1 aromatic carbocycles. The zero-order chi connectivity index (χ0) is 18.5. The Labute approximate surface area is 141 Å². The fourth-order valence-corrected chi connectivity index (χ4v) is 3.49. The van der Waals surface area contributed by atoms with Crippen LogP contribution in [0.2, 0.25) is 0 Å². The topological polar surface area (TPSA) is 122 Å². The van der Waals surface area contributed by atoms with E-state index in [2.05, 4.69) is 10.0 Å². The summed E-state index contributed by atoms with van der Waals surface area (Å²) in [6, 6.07) is 2.83. The van der Waals surface area contributed by atoms with Crippen LogP contribution >= 0.6 is 0 Å². The highest BCUT2D eigenvalue weighted by Crippen LogP contribution is 2.27. The minimum Gasteiger partial charge on any atom is -0.495 e. The van der Waals surface area contributed by atoms with Gasteiger partial charge in [0, 0.05) is 12.6 Å². The molecule has 0 aromatic heterocycles. The summed E-state index contributed by atoms with van der Waals surface area (Å²) in [4.78, 5) is 22.2. The number of sulfonamides is 1. The van der Waals surface area contributed by atoms with Crippen molar-refractivity contribution in [3.63, 3.8) is 0 Å². The predicted molar refractivity (Wildman–Crippen MR) is 88.5 cm³/mol. The molecule has 0 unspecified atom stereocenters. The van der Waals surface area contributed by atoms with Crippen LogP contribution in [0.1, 0.15) is 27.2 Å². The summed E-state index contributed by atoms with van der Waals surface area (Å²) in [5.41, 5.74) is 0.263. The molecule has 0 aliphatic rings. The number of carboxylic acid groups (broad SMARTS) is 1. The number of benzene rings is 1.